The van der Waals surface area contributed by atoms with E-state index in [1.807, 2.05) is 0 Å². The Labute approximate surface area is 189 Å². The second-order valence-electron chi connectivity index (χ2n) is 6.63. The molecule has 22 heteroatoms. The third-order valence-corrected chi connectivity index (χ3v) is 8.18. The predicted octanol–water partition coefficient (Wildman–Crippen LogP) is -1.03. The number of methoxy groups -OCH3 is 2. The number of phosphoric ester groups is 1. The molecule has 34 heavy (non-hydrogen) atoms. The van der Waals surface area contributed by atoms with Crippen LogP contribution in [0.15, 0.2) is 11.1 Å². The lowest BCUT2D eigenvalue weighted by molar-refractivity contribution is -0.0577. The maximum Gasteiger partial charge on any atom is 0.490 e. The molecule has 0 bridgehead atoms. The SMILES string of the molecule is CO[C@@H]1[C@H](OC)[C@H](n2cnc3c(=O)[nH]c(N)nc32)O[C@@H]1COP(=O)(O)OP(=O)(O)OP(=O)(O)O. The van der Waals surface area contributed by atoms with Crippen molar-refractivity contribution in [2.24, 2.45) is 0 Å². The van der Waals surface area contributed by atoms with Crippen LogP contribution in [0, 0.1) is 0 Å². The minimum Gasteiger partial charge on any atom is -0.376 e. The minimum atomic E-state index is -5.69. The number of rotatable bonds is 10. The number of anilines is 1. The first-order valence-electron chi connectivity index (χ1n) is 8.88. The Balaban J connectivity index is 1.80. The van der Waals surface area contributed by atoms with E-state index >= 15 is 0 Å². The maximum absolute atomic E-state index is 12.0. The number of hydrogen-bond donors (Lipinski definition) is 6. The predicted molar refractivity (Wildman–Crippen MR) is 108 cm³/mol. The molecule has 19 nitrogen and oxygen atoms in total. The average Bonchev–Trinajstić information content (AvgIpc) is 3.23. The van der Waals surface area contributed by atoms with Gasteiger partial charge in [-0.05, 0) is 0 Å². The van der Waals surface area contributed by atoms with Gasteiger partial charge in [-0.1, -0.05) is 0 Å². The number of nitrogens with zero attached hydrogens (tertiary/aromatic N) is 3. The lowest BCUT2D eigenvalue weighted by atomic mass is 10.1. The first kappa shape index (κ1) is 27.0. The van der Waals surface area contributed by atoms with Crippen LogP contribution in [-0.4, -0.2) is 78.2 Å². The summed E-state index contributed by atoms with van der Waals surface area (Å²) >= 11 is 0. The molecule has 1 fully saturated rings. The molecule has 1 saturated heterocycles. The topological polar surface area (TPSA) is 277 Å². The molecule has 0 saturated carbocycles. The summed E-state index contributed by atoms with van der Waals surface area (Å²) in [5.74, 6) is -0.196. The van der Waals surface area contributed by atoms with E-state index in [0.717, 1.165) is 0 Å². The molecule has 192 valence electrons. The van der Waals surface area contributed by atoms with Gasteiger partial charge in [-0.25, -0.2) is 18.7 Å². The molecule has 3 rings (SSSR count). The Kier molecular flexibility index (Phi) is 7.82. The number of aromatic amines is 1. The molecule has 0 aromatic carbocycles. The lowest BCUT2D eigenvalue weighted by Crippen LogP contribution is -2.37. The molecule has 0 spiro atoms. The maximum atomic E-state index is 12.0. The molecule has 0 radical (unpaired) electrons. The normalized spacial score (nSPS) is 27.0. The van der Waals surface area contributed by atoms with Crippen molar-refractivity contribution in [3.63, 3.8) is 0 Å². The van der Waals surface area contributed by atoms with E-state index < -0.39 is 60.2 Å². The molecule has 6 atom stereocenters. The number of H-pyrrole nitrogens is 1. The highest BCUT2D eigenvalue weighted by molar-refractivity contribution is 7.66. The van der Waals surface area contributed by atoms with E-state index in [4.69, 9.17) is 29.7 Å². The molecule has 1 aliphatic heterocycles. The van der Waals surface area contributed by atoms with Gasteiger partial charge in [-0.15, -0.1) is 0 Å². The van der Waals surface area contributed by atoms with Crippen LogP contribution in [0.4, 0.5) is 5.95 Å². The number of aromatic nitrogens is 4. The Hall–Kier alpha value is -1.56. The van der Waals surface area contributed by atoms with Gasteiger partial charge in [0.1, 0.15) is 18.3 Å². The van der Waals surface area contributed by atoms with Gasteiger partial charge in [0, 0.05) is 14.2 Å². The molecule has 0 amide bonds. The molecule has 2 aromatic heterocycles. The van der Waals surface area contributed by atoms with Gasteiger partial charge in [0.15, 0.2) is 17.4 Å². The summed E-state index contributed by atoms with van der Waals surface area (Å²) in [6.45, 7) is -0.790. The Morgan fingerprint density at radius 3 is 2.35 bits per heavy atom. The van der Waals surface area contributed by atoms with Crippen LogP contribution in [0.25, 0.3) is 11.2 Å². The van der Waals surface area contributed by atoms with Crippen molar-refractivity contribution in [1.82, 2.24) is 19.5 Å². The molecular formula is C12H20N5O14P3. The van der Waals surface area contributed by atoms with Crippen molar-refractivity contribution < 1.29 is 60.6 Å². The Morgan fingerprint density at radius 1 is 1.12 bits per heavy atom. The Bertz CT molecular complexity index is 1240. The van der Waals surface area contributed by atoms with Gasteiger partial charge in [0.25, 0.3) is 5.56 Å². The summed E-state index contributed by atoms with van der Waals surface area (Å²) in [5.41, 5.74) is 4.96. The van der Waals surface area contributed by atoms with Gasteiger partial charge in [0.05, 0.1) is 12.9 Å². The van der Waals surface area contributed by atoms with Gasteiger partial charge in [-0.2, -0.15) is 13.6 Å². The second-order valence-corrected chi connectivity index (χ2v) is 11.0. The highest BCUT2D eigenvalue weighted by Crippen LogP contribution is 2.66. The van der Waals surface area contributed by atoms with E-state index in [0.29, 0.717) is 0 Å². The highest BCUT2D eigenvalue weighted by Gasteiger charge is 2.49. The van der Waals surface area contributed by atoms with E-state index in [9.17, 15) is 28.3 Å². The van der Waals surface area contributed by atoms with Crippen molar-refractivity contribution in [3.05, 3.63) is 16.7 Å². The number of phosphoric acid groups is 3. The number of hydrogen-bond acceptors (Lipinski definition) is 13. The van der Waals surface area contributed by atoms with Gasteiger partial charge in [0.2, 0.25) is 5.95 Å². The number of nitrogens with two attached hydrogens (primary N) is 1. The highest BCUT2D eigenvalue weighted by atomic mass is 31.3. The lowest BCUT2D eigenvalue weighted by Gasteiger charge is -2.22. The largest absolute Gasteiger partial charge is 0.490 e. The summed E-state index contributed by atoms with van der Waals surface area (Å²) in [6, 6.07) is 0. The summed E-state index contributed by atoms with van der Waals surface area (Å²) in [5, 5.41) is 0. The van der Waals surface area contributed by atoms with Crippen LogP contribution in [-0.2, 0) is 41.1 Å². The minimum absolute atomic E-state index is 0.0386. The average molecular weight is 551 g/mol. The fraction of sp³-hybridized carbons (Fsp3) is 0.583. The Morgan fingerprint density at radius 2 is 1.76 bits per heavy atom. The number of imidazole rings is 1. The van der Waals surface area contributed by atoms with Crippen LogP contribution in [0.2, 0.25) is 0 Å². The summed E-state index contributed by atoms with van der Waals surface area (Å²) in [4.78, 5) is 58.4. The zero-order valence-electron chi connectivity index (χ0n) is 17.2. The van der Waals surface area contributed by atoms with Crippen molar-refractivity contribution in [1.29, 1.82) is 0 Å². The number of nitrogens with one attached hydrogen (secondary N) is 1. The van der Waals surface area contributed by atoms with Crippen molar-refractivity contribution in [2.45, 2.75) is 24.5 Å². The number of fused-ring (bicyclic) bond motifs is 1. The summed E-state index contributed by atoms with van der Waals surface area (Å²) in [6.07, 6.45) is -2.86. The first-order chi connectivity index (χ1) is 15.7. The van der Waals surface area contributed by atoms with Crippen LogP contribution in [0.1, 0.15) is 6.23 Å². The molecule has 0 aliphatic carbocycles. The summed E-state index contributed by atoms with van der Waals surface area (Å²) < 4.78 is 64.0. The van der Waals surface area contributed by atoms with Crippen molar-refractivity contribution in [2.75, 3.05) is 26.6 Å². The molecule has 1 aliphatic rings. The molecular weight excluding hydrogens is 531 g/mol. The summed E-state index contributed by atoms with van der Waals surface area (Å²) in [7, 11) is -14.0. The fourth-order valence-corrected chi connectivity index (χ4v) is 6.23. The van der Waals surface area contributed by atoms with E-state index in [1.54, 1.807) is 0 Å². The third-order valence-electron chi connectivity index (χ3n) is 4.37. The second kappa shape index (κ2) is 9.83. The van der Waals surface area contributed by atoms with Crippen molar-refractivity contribution in [3.8, 4) is 0 Å². The smallest absolute Gasteiger partial charge is 0.376 e. The van der Waals surface area contributed by atoms with Crippen molar-refractivity contribution >= 4 is 40.6 Å². The van der Waals surface area contributed by atoms with Gasteiger partial charge < -0.3 is 39.5 Å². The van der Waals surface area contributed by atoms with Crippen LogP contribution in [0.5, 0.6) is 0 Å². The van der Waals surface area contributed by atoms with Gasteiger partial charge >= 0.3 is 23.5 Å². The molecule has 2 unspecified atom stereocenters. The molecule has 2 aromatic rings. The quantitative estimate of drug-likeness (QED) is 0.193. The van der Waals surface area contributed by atoms with Gasteiger partial charge in [-0.3, -0.25) is 18.9 Å². The number of ether oxygens (including phenoxy) is 3. The zero-order valence-corrected chi connectivity index (χ0v) is 19.9. The third kappa shape index (κ3) is 6.16. The standard InChI is InChI=1S/C12H20N5O14P3/c1-26-7-5(3-28-33(22,23)31-34(24,25)30-32(19,20)21)29-11(8(7)27-2)17-4-14-6-9(17)15-12(13)16-10(6)18/h4-5,7-8,11H,3H2,1-2H3,(H,22,23)(H,24,25)(H2,19,20,21)(H3,13,15,16,18)/t5-,7+,8+,11-/m1/s1. The van der Waals surface area contributed by atoms with Crippen LogP contribution in [0.3, 0.4) is 0 Å². The van der Waals surface area contributed by atoms with E-state index in [1.165, 1.54) is 25.1 Å². The van der Waals surface area contributed by atoms with Crippen LogP contribution >= 0.6 is 23.5 Å². The van der Waals surface area contributed by atoms with E-state index in [2.05, 4.69) is 28.1 Å². The fourth-order valence-electron chi connectivity index (χ4n) is 3.20. The first-order valence-corrected chi connectivity index (χ1v) is 13.4. The number of nitrogen functional groups attached to an aromatic ring is 1. The zero-order chi connectivity index (χ0) is 25.5. The molecule has 7 N–H and O–H groups in total. The monoisotopic (exact) mass is 551 g/mol. The van der Waals surface area contributed by atoms with E-state index in [-0.39, 0.29) is 17.1 Å². The van der Waals surface area contributed by atoms with Crippen LogP contribution < -0.4 is 11.3 Å². The molecule has 3 heterocycles.